The molecule has 3 aromatic carbocycles. The summed E-state index contributed by atoms with van der Waals surface area (Å²) in [5.41, 5.74) is 3.63. The molecule has 0 saturated carbocycles. The molecule has 0 heterocycles. The van der Waals surface area contributed by atoms with Crippen molar-refractivity contribution in [3.63, 3.8) is 0 Å². The Morgan fingerprint density at radius 2 is 1.21 bits per heavy atom. The van der Waals surface area contributed by atoms with Crippen LogP contribution in [-0.4, -0.2) is 11.4 Å². The quantitative estimate of drug-likeness (QED) is 0.0984. The van der Waals surface area contributed by atoms with E-state index in [-0.39, 0.29) is 0 Å². The first-order valence-electron chi connectivity index (χ1n) is 14.6. The second kappa shape index (κ2) is 18.3. The van der Waals surface area contributed by atoms with E-state index in [2.05, 4.69) is 31.2 Å². The van der Waals surface area contributed by atoms with E-state index in [0.29, 0.717) is 12.4 Å². The molecule has 204 valence electrons. The van der Waals surface area contributed by atoms with Crippen molar-refractivity contribution < 1.29 is 14.6 Å². The lowest BCUT2D eigenvalue weighted by Crippen LogP contribution is -2.11. The maximum atomic E-state index is 10.2. The number of aliphatic hydroxyl groups is 1. The summed E-state index contributed by atoms with van der Waals surface area (Å²) in [5, 5.41) is 10.2. The van der Waals surface area contributed by atoms with Gasteiger partial charge < -0.3 is 14.6 Å². The van der Waals surface area contributed by atoms with Crippen molar-refractivity contribution in [3.05, 3.63) is 108 Å². The Morgan fingerprint density at radius 1 is 0.632 bits per heavy atom. The summed E-state index contributed by atoms with van der Waals surface area (Å²) in [6.07, 6.45) is 18.1. The predicted molar refractivity (Wildman–Crippen MR) is 159 cm³/mol. The molecule has 0 bridgehead atoms. The van der Waals surface area contributed by atoms with Gasteiger partial charge in [0.1, 0.15) is 18.1 Å². The highest BCUT2D eigenvalue weighted by molar-refractivity contribution is 5.30. The van der Waals surface area contributed by atoms with Crippen LogP contribution in [0.1, 0.15) is 87.8 Å². The number of ether oxygens (including phenoxy) is 2. The SMILES string of the molecule is CCCCCCCCCCCCc1ccc(OC(O)C=CCc2ccc(OCc3ccccc3)cc2)cc1. The minimum Gasteiger partial charge on any atom is -0.489 e. The van der Waals surface area contributed by atoms with Gasteiger partial charge in [-0.1, -0.05) is 125 Å². The van der Waals surface area contributed by atoms with Crippen LogP contribution in [-0.2, 0) is 19.4 Å². The van der Waals surface area contributed by atoms with E-state index in [0.717, 1.165) is 29.7 Å². The van der Waals surface area contributed by atoms with E-state index >= 15 is 0 Å². The average Bonchev–Trinajstić information content (AvgIpc) is 2.95. The molecule has 3 heteroatoms. The molecule has 0 saturated heterocycles. The van der Waals surface area contributed by atoms with Crippen LogP contribution in [0.2, 0.25) is 0 Å². The van der Waals surface area contributed by atoms with Crippen LogP contribution in [0.3, 0.4) is 0 Å². The van der Waals surface area contributed by atoms with Gasteiger partial charge in [-0.25, -0.2) is 0 Å². The topological polar surface area (TPSA) is 38.7 Å². The summed E-state index contributed by atoms with van der Waals surface area (Å²) in [6, 6.07) is 26.3. The van der Waals surface area contributed by atoms with Crippen LogP contribution in [0.4, 0.5) is 0 Å². The normalized spacial score (nSPS) is 12.1. The highest BCUT2D eigenvalue weighted by Crippen LogP contribution is 2.18. The van der Waals surface area contributed by atoms with Crippen molar-refractivity contribution in [3.8, 4) is 11.5 Å². The fraction of sp³-hybridized carbons (Fsp3) is 0.429. The van der Waals surface area contributed by atoms with Gasteiger partial charge in [0.05, 0.1) is 0 Å². The first-order chi connectivity index (χ1) is 18.7. The second-order valence-electron chi connectivity index (χ2n) is 10.1. The molecule has 0 aliphatic heterocycles. The van der Waals surface area contributed by atoms with Crippen molar-refractivity contribution in [1.29, 1.82) is 0 Å². The smallest absolute Gasteiger partial charge is 0.217 e. The third-order valence-corrected chi connectivity index (χ3v) is 6.83. The summed E-state index contributed by atoms with van der Waals surface area (Å²) < 4.78 is 11.5. The standard InChI is InChI=1S/C35H46O3/c1-2-3-4-5-6-7-8-9-10-12-16-30-23-27-34(28-24-30)38-35(36)20-15-19-31-21-25-33(26-22-31)37-29-32-17-13-11-14-18-32/h11,13-15,17-18,20-28,35-36H,2-10,12,16,19,29H2,1H3. The van der Waals surface area contributed by atoms with Crippen LogP contribution in [0, 0.1) is 0 Å². The van der Waals surface area contributed by atoms with Gasteiger partial charge in [-0.2, -0.15) is 0 Å². The van der Waals surface area contributed by atoms with Gasteiger partial charge in [-0.3, -0.25) is 0 Å². The van der Waals surface area contributed by atoms with Gasteiger partial charge in [-0.15, -0.1) is 0 Å². The number of aliphatic hydroxyl groups excluding tert-OH is 1. The summed E-state index contributed by atoms with van der Waals surface area (Å²) in [5.74, 6) is 1.54. The predicted octanol–water partition coefficient (Wildman–Crippen LogP) is 9.23. The molecule has 3 aromatic rings. The second-order valence-corrected chi connectivity index (χ2v) is 10.1. The molecule has 0 aromatic heterocycles. The molecule has 1 atom stereocenters. The molecule has 0 spiro atoms. The van der Waals surface area contributed by atoms with Crippen LogP contribution < -0.4 is 9.47 Å². The molecule has 0 aliphatic carbocycles. The van der Waals surface area contributed by atoms with Crippen molar-refractivity contribution in [2.24, 2.45) is 0 Å². The molecular formula is C35H46O3. The molecule has 0 aliphatic rings. The number of allylic oxidation sites excluding steroid dienone is 1. The van der Waals surface area contributed by atoms with Gasteiger partial charge in [0.15, 0.2) is 0 Å². The maximum absolute atomic E-state index is 10.2. The Morgan fingerprint density at radius 3 is 1.87 bits per heavy atom. The molecule has 3 rings (SSSR count). The summed E-state index contributed by atoms with van der Waals surface area (Å²) in [6.45, 7) is 2.83. The largest absolute Gasteiger partial charge is 0.489 e. The van der Waals surface area contributed by atoms with Crippen LogP contribution >= 0.6 is 0 Å². The molecule has 0 radical (unpaired) electrons. The highest BCUT2D eigenvalue weighted by atomic mass is 16.6. The lowest BCUT2D eigenvalue weighted by atomic mass is 10.0. The molecule has 0 fully saturated rings. The number of hydrogen-bond donors (Lipinski definition) is 1. The average molecular weight is 515 g/mol. The molecular weight excluding hydrogens is 468 g/mol. The summed E-state index contributed by atoms with van der Waals surface area (Å²) in [4.78, 5) is 0. The van der Waals surface area contributed by atoms with Crippen molar-refractivity contribution in [2.45, 2.75) is 96.9 Å². The lowest BCUT2D eigenvalue weighted by Gasteiger charge is -2.10. The number of unbranched alkanes of at least 4 members (excludes halogenated alkanes) is 9. The van der Waals surface area contributed by atoms with Gasteiger partial charge in [0.2, 0.25) is 6.29 Å². The minimum absolute atomic E-state index is 0.559. The number of aryl methyl sites for hydroxylation is 1. The van der Waals surface area contributed by atoms with Gasteiger partial charge in [0.25, 0.3) is 0 Å². The van der Waals surface area contributed by atoms with Crippen LogP contribution in [0.5, 0.6) is 11.5 Å². The third-order valence-electron chi connectivity index (χ3n) is 6.83. The molecule has 1 N–H and O–H groups in total. The van der Waals surface area contributed by atoms with Crippen molar-refractivity contribution >= 4 is 0 Å². The monoisotopic (exact) mass is 514 g/mol. The number of benzene rings is 3. The van der Waals surface area contributed by atoms with Crippen molar-refractivity contribution in [2.75, 3.05) is 0 Å². The van der Waals surface area contributed by atoms with Gasteiger partial charge in [-0.05, 0) is 66.3 Å². The van der Waals surface area contributed by atoms with E-state index in [9.17, 15) is 5.11 Å². The van der Waals surface area contributed by atoms with Crippen LogP contribution in [0.25, 0.3) is 0 Å². The molecule has 3 nitrogen and oxygen atoms in total. The molecule has 38 heavy (non-hydrogen) atoms. The van der Waals surface area contributed by atoms with E-state index in [4.69, 9.17) is 9.47 Å². The Bertz CT molecular complexity index is 1010. The maximum Gasteiger partial charge on any atom is 0.217 e. The zero-order valence-corrected chi connectivity index (χ0v) is 23.2. The highest BCUT2D eigenvalue weighted by Gasteiger charge is 2.03. The number of rotatable bonds is 19. The Kier molecular flexibility index (Phi) is 14.2. The summed E-state index contributed by atoms with van der Waals surface area (Å²) >= 11 is 0. The fourth-order valence-corrected chi connectivity index (χ4v) is 4.51. The first kappa shape index (κ1) is 29.5. The zero-order valence-electron chi connectivity index (χ0n) is 23.2. The molecule has 0 amide bonds. The van der Waals surface area contributed by atoms with Gasteiger partial charge >= 0.3 is 0 Å². The fourth-order valence-electron chi connectivity index (χ4n) is 4.51. The Balaban J connectivity index is 1.27. The number of hydrogen-bond acceptors (Lipinski definition) is 3. The van der Waals surface area contributed by atoms with Gasteiger partial charge in [0, 0.05) is 0 Å². The van der Waals surface area contributed by atoms with Crippen molar-refractivity contribution in [1.82, 2.24) is 0 Å². The van der Waals surface area contributed by atoms with E-state index in [1.54, 1.807) is 6.08 Å². The van der Waals surface area contributed by atoms with E-state index in [1.165, 1.54) is 69.8 Å². The zero-order chi connectivity index (χ0) is 26.7. The third kappa shape index (κ3) is 12.5. The minimum atomic E-state index is -0.962. The van der Waals surface area contributed by atoms with E-state index < -0.39 is 6.29 Å². The lowest BCUT2D eigenvalue weighted by molar-refractivity contribution is 0.0246. The molecule has 1 unspecified atom stereocenters. The van der Waals surface area contributed by atoms with E-state index in [1.807, 2.05) is 60.7 Å². The van der Waals surface area contributed by atoms with Crippen LogP contribution in [0.15, 0.2) is 91.0 Å². The first-order valence-corrected chi connectivity index (χ1v) is 14.6. The summed E-state index contributed by atoms with van der Waals surface area (Å²) in [7, 11) is 0. The Labute approximate surface area is 230 Å². The Hall–Kier alpha value is -3.04.